The second kappa shape index (κ2) is 8.35. The Morgan fingerprint density at radius 2 is 1.85 bits per heavy atom. The lowest BCUT2D eigenvalue weighted by Crippen LogP contribution is -2.65. The third kappa shape index (κ3) is 4.71. The van der Waals surface area contributed by atoms with E-state index in [-0.39, 0.29) is 0 Å². The van der Waals surface area contributed by atoms with Gasteiger partial charge < -0.3 is 10.1 Å². The molecular weight excluding hydrogens is 248 g/mol. The Morgan fingerprint density at radius 3 is 2.35 bits per heavy atom. The summed E-state index contributed by atoms with van der Waals surface area (Å²) in [5.74, 6) is 0.744. The lowest BCUT2D eigenvalue weighted by molar-refractivity contribution is 0.00475. The molecule has 3 heteroatoms. The maximum Gasteiger partial charge on any atom is 0.0597 e. The second-order valence-corrected chi connectivity index (χ2v) is 6.71. The third-order valence-corrected chi connectivity index (χ3v) is 5.15. The standard InChI is InChI=1S/C17H36N2O/c1-7-15(6)16-12-18-17(8-2,9-3)13-19(16)10-11-20-14(4)5/h14-16,18H,7-13H2,1-6H3. The number of nitrogens with one attached hydrogen (secondary N) is 1. The number of hydrogen-bond donors (Lipinski definition) is 1. The summed E-state index contributed by atoms with van der Waals surface area (Å²) in [7, 11) is 0. The van der Waals surface area contributed by atoms with Crippen molar-refractivity contribution in [2.24, 2.45) is 5.92 Å². The largest absolute Gasteiger partial charge is 0.377 e. The molecule has 20 heavy (non-hydrogen) atoms. The molecule has 1 fully saturated rings. The van der Waals surface area contributed by atoms with Crippen LogP contribution in [0.5, 0.6) is 0 Å². The number of piperazine rings is 1. The molecule has 0 bridgehead atoms. The van der Waals surface area contributed by atoms with Crippen LogP contribution in [-0.2, 0) is 4.74 Å². The molecule has 3 nitrogen and oxygen atoms in total. The van der Waals surface area contributed by atoms with Crippen molar-refractivity contribution in [3.8, 4) is 0 Å². The van der Waals surface area contributed by atoms with E-state index in [0.717, 1.165) is 32.2 Å². The lowest BCUT2D eigenvalue weighted by atomic mass is 9.85. The van der Waals surface area contributed by atoms with Gasteiger partial charge in [0.2, 0.25) is 0 Å². The van der Waals surface area contributed by atoms with Crippen molar-refractivity contribution in [3.63, 3.8) is 0 Å². The van der Waals surface area contributed by atoms with Crippen LogP contribution in [0.3, 0.4) is 0 Å². The van der Waals surface area contributed by atoms with Crippen molar-refractivity contribution in [1.82, 2.24) is 10.2 Å². The minimum Gasteiger partial charge on any atom is -0.377 e. The molecule has 0 aromatic carbocycles. The molecule has 0 aromatic rings. The molecule has 120 valence electrons. The Bertz CT molecular complexity index is 264. The molecule has 0 amide bonds. The van der Waals surface area contributed by atoms with E-state index >= 15 is 0 Å². The van der Waals surface area contributed by atoms with Crippen LogP contribution in [-0.4, -0.2) is 48.8 Å². The molecule has 1 saturated heterocycles. The Labute approximate surface area is 126 Å². The number of ether oxygens (including phenoxy) is 1. The zero-order valence-corrected chi connectivity index (χ0v) is 14.5. The molecule has 2 unspecified atom stereocenters. The summed E-state index contributed by atoms with van der Waals surface area (Å²) in [5.41, 5.74) is 0.307. The summed E-state index contributed by atoms with van der Waals surface area (Å²) in [6.45, 7) is 17.7. The van der Waals surface area contributed by atoms with Crippen molar-refractivity contribution in [1.29, 1.82) is 0 Å². The Kier molecular flexibility index (Phi) is 7.49. The quantitative estimate of drug-likeness (QED) is 0.740. The van der Waals surface area contributed by atoms with Gasteiger partial charge in [0.15, 0.2) is 0 Å². The van der Waals surface area contributed by atoms with E-state index < -0.39 is 0 Å². The summed E-state index contributed by atoms with van der Waals surface area (Å²) < 4.78 is 5.78. The molecule has 0 saturated carbocycles. The average Bonchev–Trinajstić information content (AvgIpc) is 2.46. The summed E-state index contributed by atoms with van der Waals surface area (Å²) in [6, 6.07) is 0.655. The minimum atomic E-state index is 0.307. The molecule has 0 spiro atoms. The first-order valence-electron chi connectivity index (χ1n) is 8.58. The molecule has 1 aliphatic heterocycles. The van der Waals surface area contributed by atoms with E-state index in [0.29, 0.717) is 17.7 Å². The van der Waals surface area contributed by atoms with Gasteiger partial charge in [0.1, 0.15) is 0 Å². The predicted octanol–water partition coefficient (Wildman–Crippen LogP) is 3.29. The van der Waals surface area contributed by atoms with Gasteiger partial charge in [-0.25, -0.2) is 0 Å². The highest BCUT2D eigenvalue weighted by atomic mass is 16.5. The van der Waals surface area contributed by atoms with E-state index in [2.05, 4.69) is 51.8 Å². The van der Waals surface area contributed by atoms with Gasteiger partial charge in [0.05, 0.1) is 12.7 Å². The van der Waals surface area contributed by atoms with Gasteiger partial charge in [0, 0.05) is 31.2 Å². The smallest absolute Gasteiger partial charge is 0.0597 e. The molecule has 1 heterocycles. The van der Waals surface area contributed by atoms with Crippen molar-refractivity contribution in [2.45, 2.75) is 78.5 Å². The van der Waals surface area contributed by atoms with E-state index in [1.165, 1.54) is 19.3 Å². The monoisotopic (exact) mass is 284 g/mol. The first-order chi connectivity index (χ1) is 9.48. The summed E-state index contributed by atoms with van der Waals surface area (Å²) in [4.78, 5) is 2.68. The van der Waals surface area contributed by atoms with E-state index in [9.17, 15) is 0 Å². The summed E-state index contributed by atoms with van der Waals surface area (Å²) >= 11 is 0. The van der Waals surface area contributed by atoms with E-state index in [1.54, 1.807) is 0 Å². The third-order valence-electron chi connectivity index (χ3n) is 5.15. The van der Waals surface area contributed by atoms with Crippen LogP contribution < -0.4 is 5.32 Å². The van der Waals surface area contributed by atoms with Gasteiger partial charge in [-0.2, -0.15) is 0 Å². The van der Waals surface area contributed by atoms with E-state index in [4.69, 9.17) is 4.74 Å². The average molecular weight is 284 g/mol. The molecular formula is C17H36N2O. The zero-order chi connectivity index (χ0) is 15.2. The molecule has 0 radical (unpaired) electrons. The number of rotatable bonds is 8. The Hall–Kier alpha value is -0.120. The number of hydrogen-bond acceptors (Lipinski definition) is 3. The molecule has 1 rings (SSSR count). The van der Waals surface area contributed by atoms with Crippen LogP contribution in [0.4, 0.5) is 0 Å². The van der Waals surface area contributed by atoms with Gasteiger partial charge in [-0.05, 0) is 32.6 Å². The fourth-order valence-corrected chi connectivity index (χ4v) is 3.22. The van der Waals surface area contributed by atoms with Crippen LogP contribution in [0.25, 0.3) is 0 Å². The Morgan fingerprint density at radius 1 is 1.20 bits per heavy atom. The highest BCUT2D eigenvalue weighted by Gasteiger charge is 2.37. The topological polar surface area (TPSA) is 24.5 Å². The van der Waals surface area contributed by atoms with Crippen molar-refractivity contribution < 1.29 is 4.74 Å². The first kappa shape index (κ1) is 17.9. The molecule has 1 aliphatic rings. The molecule has 0 aromatic heterocycles. The van der Waals surface area contributed by atoms with Crippen LogP contribution >= 0.6 is 0 Å². The van der Waals surface area contributed by atoms with Gasteiger partial charge in [-0.1, -0.05) is 34.1 Å². The number of nitrogens with zero attached hydrogens (tertiary/aromatic N) is 1. The van der Waals surface area contributed by atoms with Crippen LogP contribution in [0.2, 0.25) is 0 Å². The highest BCUT2D eigenvalue weighted by molar-refractivity contribution is 4.97. The van der Waals surface area contributed by atoms with Crippen molar-refractivity contribution in [3.05, 3.63) is 0 Å². The minimum absolute atomic E-state index is 0.307. The van der Waals surface area contributed by atoms with Crippen LogP contribution in [0.1, 0.15) is 60.8 Å². The van der Waals surface area contributed by atoms with Gasteiger partial charge in [0.25, 0.3) is 0 Å². The maximum absolute atomic E-state index is 5.78. The first-order valence-corrected chi connectivity index (χ1v) is 8.58. The Balaban J connectivity index is 2.67. The molecule has 0 aliphatic carbocycles. The second-order valence-electron chi connectivity index (χ2n) is 6.71. The fraction of sp³-hybridized carbons (Fsp3) is 1.00. The maximum atomic E-state index is 5.78. The predicted molar refractivity (Wildman–Crippen MR) is 87.2 cm³/mol. The lowest BCUT2D eigenvalue weighted by Gasteiger charge is -2.49. The summed E-state index contributed by atoms with van der Waals surface area (Å²) in [5, 5.41) is 3.84. The fourth-order valence-electron chi connectivity index (χ4n) is 3.22. The zero-order valence-electron chi connectivity index (χ0n) is 14.5. The normalized spacial score (nSPS) is 25.1. The van der Waals surface area contributed by atoms with Gasteiger partial charge in [-0.15, -0.1) is 0 Å². The van der Waals surface area contributed by atoms with Gasteiger partial charge in [-0.3, -0.25) is 4.90 Å². The van der Waals surface area contributed by atoms with Crippen molar-refractivity contribution >= 4 is 0 Å². The highest BCUT2D eigenvalue weighted by Crippen LogP contribution is 2.26. The molecule has 2 atom stereocenters. The van der Waals surface area contributed by atoms with Crippen LogP contribution in [0, 0.1) is 5.92 Å². The molecule has 1 N–H and O–H groups in total. The SMILES string of the molecule is CCC(C)C1CNC(CC)(CC)CN1CCOC(C)C. The van der Waals surface area contributed by atoms with Crippen LogP contribution in [0.15, 0.2) is 0 Å². The van der Waals surface area contributed by atoms with E-state index in [1.807, 2.05) is 0 Å². The summed E-state index contributed by atoms with van der Waals surface area (Å²) in [6.07, 6.45) is 4.00. The van der Waals surface area contributed by atoms with Crippen molar-refractivity contribution in [2.75, 3.05) is 26.2 Å². The van der Waals surface area contributed by atoms with Gasteiger partial charge >= 0.3 is 0 Å².